The highest BCUT2D eigenvalue weighted by atomic mass is 14.9. The highest BCUT2D eigenvalue weighted by Gasteiger charge is 2.48. The lowest BCUT2D eigenvalue weighted by atomic mass is 9.67. The average Bonchev–Trinajstić information content (AvgIpc) is 1.72. The van der Waals surface area contributed by atoms with Gasteiger partial charge in [-0.1, -0.05) is 267 Å². The van der Waals surface area contributed by atoms with Gasteiger partial charge < -0.3 is 8.80 Å². The van der Waals surface area contributed by atoms with E-state index in [4.69, 9.17) is 0 Å². The van der Waals surface area contributed by atoms with Gasteiger partial charge in [0.15, 0.2) is 0 Å². The van der Waals surface area contributed by atoms with Gasteiger partial charge in [0.2, 0.25) is 0 Å². The molecular weight excluding hydrogens is 989 g/mol. The van der Waals surface area contributed by atoms with Crippen molar-refractivity contribution in [2.45, 2.75) is 10.8 Å². The molecule has 0 atom stereocenters. The first kappa shape index (κ1) is 44.3. The summed E-state index contributed by atoms with van der Waals surface area (Å²) in [7, 11) is 0. The number of benzene rings is 13. The summed E-state index contributed by atoms with van der Waals surface area (Å²) in [6.45, 7) is 0. The first-order valence-electron chi connectivity index (χ1n) is 28.8. The third-order valence-electron chi connectivity index (χ3n) is 19.3. The van der Waals surface area contributed by atoms with Gasteiger partial charge in [0.25, 0.3) is 0 Å². The van der Waals surface area contributed by atoms with Crippen molar-refractivity contribution >= 4 is 76.2 Å². The maximum atomic E-state index is 2.69. The summed E-state index contributed by atoms with van der Waals surface area (Å²) in [4.78, 5) is 0. The van der Waals surface area contributed by atoms with Crippen LogP contribution >= 0.6 is 0 Å². The number of rotatable bonds is 6. The summed E-state index contributed by atoms with van der Waals surface area (Å²) in [6.07, 6.45) is 0. The van der Waals surface area contributed by atoms with E-state index in [0.717, 1.165) is 0 Å². The zero-order valence-corrected chi connectivity index (χ0v) is 44.6. The SMILES string of the molecule is c1ccc(-c2c3c4cccc5c6cc7c(cc6n(c3c(-c3ccccc3)c3c6cccc8c9cc%10c(cc9n(c23)c86)C(c2ccccc2)(c2ccccc2)c2ccccc2-%10)c54)C(c2ccccc2)(c2ccccc2)c2ccccc2-7)cc1. The Labute approximate surface area is 473 Å². The Hall–Kier alpha value is -10.5. The molecule has 0 fully saturated rings. The molecule has 2 nitrogen and oxygen atoms in total. The van der Waals surface area contributed by atoms with E-state index in [1.165, 1.54) is 165 Å². The van der Waals surface area contributed by atoms with Crippen LogP contribution in [0.5, 0.6) is 0 Å². The van der Waals surface area contributed by atoms with Crippen LogP contribution in [0.1, 0.15) is 44.5 Å². The number of hydrogen-bond acceptors (Lipinski definition) is 0. The van der Waals surface area contributed by atoms with E-state index in [2.05, 4.69) is 300 Å². The van der Waals surface area contributed by atoms with E-state index in [9.17, 15) is 0 Å². The Morgan fingerprint density at radius 1 is 0.220 bits per heavy atom. The lowest BCUT2D eigenvalue weighted by Crippen LogP contribution is -2.28. The molecule has 0 saturated heterocycles. The summed E-state index contributed by atoms with van der Waals surface area (Å²) in [5.74, 6) is 0. The van der Waals surface area contributed by atoms with Crippen LogP contribution in [0.25, 0.3) is 121 Å². The number of fused-ring (bicyclic) bond motifs is 18. The summed E-state index contributed by atoms with van der Waals surface area (Å²) >= 11 is 0. The molecule has 13 aromatic carbocycles. The topological polar surface area (TPSA) is 8.82 Å². The van der Waals surface area contributed by atoms with Crippen LogP contribution in [-0.2, 0) is 10.8 Å². The van der Waals surface area contributed by atoms with E-state index in [1.54, 1.807) is 0 Å². The van der Waals surface area contributed by atoms with Crippen LogP contribution in [0, 0.1) is 0 Å². The van der Waals surface area contributed by atoms with Gasteiger partial charge in [-0.05, 0) is 102 Å². The van der Waals surface area contributed by atoms with Gasteiger partial charge in [0, 0.05) is 54.2 Å². The van der Waals surface area contributed by atoms with Crippen molar-refractivity contribution in [1.82, 2.24) is 8.80 Å². The molecule has 0 amide bonds. The van der Waals surface area contributed by atoms with E-state index in [0.29, 0.717) is 0 Å². The Morgan fingerprint density at radius 2 is 0.537 bits per heavy atom. The fourth-order valence-electron chi connectivity index (χ4n) is 16.3. The highest BCUT2D eigenvalue weighted by molar-refractivity contribution is 6.38. The minimum absolute atomic E-state index is 0.556. The third kappa shape index (κ3) is 5.32. The van der Waals surface area contributed by atoms with Crippen molar-refractivity contribution in [2.24, 2.45) is 0 Å². The molecule has 0 unspecified atom stereocenters. The molecule has 19 rings (SSSR count). The predicted octanol–water partition coefficient (Wildman–Crippen LogP) is 20.0. The normalized spacial score (nSPS) is 14.0. The lowest BCUT2D eigenvalue weighted by molar-refractivity contribution is 0.769. The molecule has 0 saturated carbocycles. The highest BCUT2D eigenvalue weighted by Crippen LogP contribution is 2.61. The molecule has 0 bridgehead atoms. The summed E-state index contributed by atoms with van der Waals surface area (Å²) in [5, 5.41) is 10.1. The third-order valence-corrected chi connectivity index (χ3v) is 19.3. The first-order valence-corrected chi connectivity index (χ1v) is 28.8. The molecule has 378 valence electrons. The largest absolute Gasteiger partial charge is 0.307 e. The molecule has 2 aliphatic carbocycles. The van der Waals surface area contributed by atoms with E-state index in [1.807, 2.05) is 0 Å². The van der Waals surface area contributed by atoms with Gasteiger partial charge >= 0.3 is 0 Å². The number of aromatic nitrogens is 2. The van der Waals surface area contributed by atoms with Gasteiger partial charge in [0.1, 0.15) is 0 Å². The van der Waals surface area contributed by atoms with Crippen LogP contribution in [0.2, 0.25) is 0 Å². The minimum Gasteiger partial charge on any atom is -0.307 e. The van der Waals surface area contributed by atoms with Gasteiger partial charge in [-0.15, -0.1) is 0 Å². The Kier molecular flexibility index (Phi) is 8.69. The van der Waals surface area contributed by atoms with Crippen LogP contribution in [-0.4, -0.2) is 8.80 Å². The lowest BCUT2D eigenvalue weighted by Gasteiger charge is -2.34. The van der Waals surface area contributed by atoms with Crippen molar-refractivity contribution in [2.75, 3.05) is 0 Å². The molecule has 2 aliphatic rings. The summed E-state index contributed by atoms with van der Waals surface area (Å²) < 4.78 is 5.39. The average molecular weight is 1040 g/mol. The molecule has 0 radical (unpaired) electrons. The van der Waals surface area contributed by atoms with Gasteiger partial charge in [-0.3, -0.25) is 0 Å². The van der Waals surface area contributed by atoms with Crippen LogP contribution in [0.3, 0.4) is 0 Å². The second-order valence-electron chi connectivity index (χ2n) is 22.9. The maximum absolute atomic E-state index is 2.69. The Balaban J connectivity index is 1.03. The van der Waals surface area contributed by atoms with Gasteiger partial charge in [-0.2, -0.15) is 0 Å². The second kappa shape index (κ2) is 16.1. The Morgan fingerprint density at radius 3 is 0.902 bits per heavy atom. The fourth-order valence-corrected chi connectivity index (χ4v) is 16.3. The molecule has 0 N–H and O–H groups in total. The van der Waals surface area contributed by atoms with E-state index < -0.39 is 10.8 Å². The molecule has 4 aromatic heterocycles. The summed E-state index contributed by atoms with van der Waals surface area (Å²) in [6, 6.07) is 110. The van der Waals surface area contributed by atoms with Crippen LogP contribution in [0.4, 0.5) is 0 Å². The number of para-hydroxylation sites is 2. The molecule has 82 heavy (non-hydrogen) atoms. The van der Waals surface area contributed by atoms with Crippen molar-refractivity contribution in [3.63, 3.8) is 0 Å². The van der Waals surface area contributed by atoms with Gasteiger partial charge in [-0.25, -0.2) is 0 Å². The van der Waals surface area contributed by atoms with E-state index >= 15 is 0 Å². The predicted molar refractivity (Wildman–Crippen MR) is 341 cm³/mol. The van der Waals surface area contributed by atoms with E-state index in [-0.39, 0.29) is 0 Å². The van der Waals surface area contributed by atoms with Crippen molar-refractivity contribution in [1.29, 1.82) is 0 Å². The zero-order chi connectivity index (χ0) is 53.4. The van der Waals surface area contributed by atoms with Crippen molar-refractivity contribution in [3.05, 3.63) is 336 Å². The quantitative estimate of drug-likeness (QED) is 0.157. The van der Waals surface area contributed by atoms with Crippen molar-refractivity contribution in [3.8, 4) is 44.5 Å². The minimum atomic E-state index is -0.556. The smallest absolute Gasteiger partial charge is 0.0714 e. The van der Waals surface area contributed by atoms with Crippen LogP contribution in [0.15, 0.2) is 291 Å². The monoisotopic (exact) mass is 1040 g/mol. The summed E-state index contributed by atoms with van der Waals surface area (Å²) in [5.41, 5.74) is 26.7. The standard InChI is InChI=1S/C80H48N2/c1-7-25-49(26-8-1)71-73-59-41-23-39-57-64-46-62-56-38-20-22-44-66(56)80(53-33-15-5-16-34-53,54-35-17-6-18-36-54)68(62)48-70(64)82(75(57)59)78(73)72(50-27-9-2-10-28-50)74-60-42-24-40-58-63-45-61-55-37-19-21-43-65(55)79(51-29-11-3-12-30-51,52-31-13-4-14-32-52)67(61)47-69(63)81(76(58)60)77(71)74/h1-48H. The first-order chi connectivity index (χ1) is 40.7. The molecule has 0 spiro atoms. The van der Waals surface area contributed by atoms with Crippen LogP contribution < -0.4 is 0 Å². The number of hydrogen-bond donors (Lipinski definition) is 0. The Bertz CT molecular complexity index is 5040. The number of nitrogens with zero attached hydrogens (tertiary/aromatic N) is 2. The molecule has 0 aliphatic heterocycles. The van der Waals surface area contributed by atoms with Crippen molar-refractivity contribution < 1.29 is 0 Å². The molecule has 2 heteroatoms. The fraction of sp³-hybridized carbons (Fsp3) is 0.0250. The zero-order valence-electron chi connectivity index (χ0n) is 44.6. The molecular formula is C80H48N2. The second-order valence-corrected chi connectivity index (χ2v) is 22.9. The maximum Gasteiger partial charge on any atom is 0.0714 e. The van der Waals surface area contributed by atoms with Gasteiger partial charge in [0.05, 0.1) is 43.9 Å². The molecule has 17 aromatic rings. The molecule has 4 heterocycles.